The third-order valence-corrected chi connectivity index (χ3v) is 2.61. The Morgan fingerprint density at radius 2 is 2.28 bits per heavy atom. The highest BCUT2D eigenvalue weighted by molar-refractivity contribution is 5.41. The molecule has 0 spiro atoms. The molecule has 1 aromatic carbocycles. The van der Waals surface area contributed by atoms with Crippen LogP contribution < -0.4 is 0 Å². The van der Waals surface area contributed by atoms with E-state index in [4.69, 9.17) is 14.6 Å². The lowest BCUT2D eigenvalue weighted by molar-refractivity contribution is -0.135. The number of rotatable bonds is 4. The lowest BCUT2D eigenvalue weighted by Gasteiger charge is -2.26. The molecule has 1 N–H and O–H groups in total. The number of aliphatic hydroxyl groups excluding tert-OH is 1. The number of hydrogen-bond acceptors (Lipinski definition) is 3. The average Bonchev–Trinajstić information content (AvgIpc) is 2.30. The van der Waals surface area contributed by atoms with Gasteiger partial charge in [0, 0.05) is 12.0 Å². The van der Waals surface area contributed by atoms with Gasteiger partial charge in [-0.25, -0.2) is 4.39 Å². The molecule has 1 aliphatic rings. The van der Waals surface area contributed by atoms with Crippen LogP contribution in [-0.4, -0.2) is 31.0 Å². The van der Waals surface area contributed by atoms with Crippen molar-refractivity contribution in [3.05, 3.63) is 35.1 Å². The van der Waals surface area contributed by atoms with Crippen molar-refractivity contribution < 1.29 is 19.0 Å². The summed E-state index contributed by atoms with van der Waals surface area (Å²) in [5, 5.41) is 8.67. The molecule has 0 aliphatic carbocycles. The second kappa shape index (κ2) is 6.50. The molecule has 3 nitrogen and oxygen atoms in total. The summed E-state index contributed by atoms with van der Waals surface area (Å²) in [6.45, 7) is 1.64. The smallest absolute Gasteiger partial charge is 0.124 e. The van der Waals surface area contributed by atoms with Gasteiger partial charge >= 0.3 is 0 Å². The number of ether oxygens (including phenoxy) is 2. The fourth-order valence-corrected chi connectivity index (χ4v) is 1.52. The van der Waals surface area contributed by atoms with E-state index in [1.807, 2.05) is 0 Å². The summed E-state index contributed by atoms with van der Waals surface area (Å²) in [6, 6.07) is 4.46. The van der Waals surface area contributed by atoms with Crippen LogP contribution in [0.25, 0.3) is 0 Å². The Hall–Kier alpha value is -1.41. The standard InChI is InChI=1S/C14H15FO3/c15-13-5-4-12(8-18-14-9-17-10-14)11(7-13)3-1-2-6-16/h4-5,7,14,16H,2,6,8-10H2. The van der Waals surface area contributed by atoms with Gasteiger partial charge in [0.1, 0.15) is 11.9 Å². The van der Waals surface area contributed by atoms with Crippen molar-refractivity contribution in [2.75, 3.05) is 19.8 Å². The molecule has 0 radical (unpaired) electrons. The van der Waals surface area contributed by atoms with Gasteiger partial charge in [-0.3, -0.25) is 0 Å². The van der Waals surface area contributed by atoms with Gasteiger partial charge in [-0.1, -0.05) is 17.9 Å². The Morgan fingerprint density at radius 3 is 2.94 bits per heavy atom. The lowest BCUT2D eigenvalue weighted by atomic mass is 10.1. The normalized spacial score (nSPS) is 14.8. The minimum absolute atomic E-state index is 0.00750. The minimum atomic E-state index is -0.320. The van der Waals surface area contributed by atoms with E-state index < -0.39 is 0 Å². The Balaban J connectivity index is 2.04. The van der Waals surface area contributed by atoms with E-state index >= 15 is 0 Å². The molecule has 1 fully saturated rings. The predicted molar refractivity (Wildman–Crippen MR) is 64.4 cm³/mol. The Morgan fingerprint density at radius 1 is 1.44 bits per heavy atom. The molecule has 1 saturated heterocycles. The zero-order chi connectivity index (χ0) is 12.8. The van der Waals surface area contributed by atoms with E-state index in [9.17, 15) is 4.39 Å². The van der Waals surface area contributed by atoms with Crippen molar-refractivity contribution in [1.29, 1.82) is 0 Å². The molecule has 18 heavy (non-hydrogen) atoms. The van der Waals surface area contributed by atoms with Gasteiger partial charge in [0.2, 0.25) is 0 Å². The van der Waals surface area contributed by atoms with E-state index in [0.29, 0.717) is 31.8 Å². The van der Waals surface area contributed by atoms with Crippen molar-refractivity contribution in [3.8, 4) is 11.8 Å². The molecule has 0 aromatic heterocycles. The molecule has 1 aliphatic heterocycles. The molecule has 0 unspecified atom stereocenters. The summed E-state index contributed by atoms with van der Waals surface area (Å²) in [4.78, 5) is 0. The van der Waals surface area contributed by atoms with Crippen molar-refractivity contribution in [3.63, 3.8) is 0 Å². The molecule has 0 atom stereocenters. The number of aliphatic hydroxyl groups is 1. The maximum absolute atomic E-state index is 13.2. The third kappa shape index (κ3) is 3.54. The van der Waals surface area contributed by atoms with Gasteiger partial charge in [0.15, 0.2) is 0 Å². The molecular formula is C14H15FO3. The molecule has 96 valence electrons. The van der Waals surface area contributed by atoms with E-state index in [2.05, 4.69) is 11.8 Å². The maximum Gasteiger partial charge on any atom is 0.124 e. The fraction of sp³-hybridized carbons (Fsp3) is 0.429. The second-order valence-electron chi connectivity index (χ2n) is 4.05. The Bertz CT molecular complexity index is 458. The predicted octanol–water partition coefficient (Wildman–Crippen LogP) is 1.48. The fourth-order valence-electron chi connectivity index (χ4n) is 1.52. The van der Waals surface area contributed by atoms with Crippen LogP contribution in [0.2, 0.25) is 0 Å². The Labute approximate surface area is 106 Å². The molecule has 1 aromatic rings. The topological polar surface area (TPSA) is 38.7 Å². The number of benzene rings is 1. The molecular weight excluding hydrogens is 235 g/mol. The lowest BCUT2D eigenvalue weighted by Crippen LogP contribution is -2.35. The van der Waals surface area contributed by atoms with E-state index in [1.54, 1.807) is 6.07 Å². The van der Waals surface area contributed by atoms with Crippen LogP contribution in [-0.2, 0) is 16.1 Å². The number of hydrogen-bond donors (Lipinski definition) is 1. The highest BCUT2D eigenvalue weighted by Crippen LogP contribution is 2.14. The second-order valence-corrected chi connectivity index (χ2v) is 4.05. The van der Waals surface area contributed by atoms with Crippen molar-refractivity contribution in [2.45, 2.75) is 19.1 Å². The molecule has 0 bridgehead atoms. The van der Waals surface area contributed by atoms with Gasteiger partial charge in [-0.15, -0.1) is 0 Å². The largest absolute Gasteiger partial charge is 0.395 e. The summed E-state index contributed by atoms with van der Waals surface area (Å²) in [5.41, 5.74) is 1.47. The van der Waals surface area contributed by atoms with Gasteiger partial charge < -0.3 is 14.6 Å². The summed E-state index contributed by atoms with van der Waals surface area (Å²) >= 11 is 0. The first-order chi connectivity index (χ1) is 8.79. The monoisotopic (exact) mass is 250 g/mol. The van der Waals surface area contributed by atoms with Gasteiger partial charge in [-0.05, 0) is 17.7 Å². The van der Waals surface area contributed by atoms with Crippen LogP contribution >= 0.6 is 0 Å². The van der Waals surface area contributed by atoms with Crippen LogP contribution in [0.4, 0.5) is 4.39 Å². The van der Waals surface area contributed by atoms with Crippen LogP contribution in [0.15, 0.2) is 18.2 Å². The first-order valence-electron chi connectivity index (χ1n) is 5.87. The summed E-state index contributed by atoms with van der Waals surface area (Å²) < 4.78 is 23.8. The molecule has 1 heterocycles. The van der Waals surface area contributed by atoms with Gasteiger partial charge in [0.05, 0.1) is 26.4 Å². The van der Waals surface area contributed by atoms with E-state index in [1.165, 1.54) is 12.1 Å². The third-order valence-electron chi connectivity index (χ3n) is 2.61. The molecule has 0 saturated carbocycles. The highest BCUT2D eigenvalue weighted by Gasteiger charge is 2.19. The molecule has 4 heteroatoms. The van der Waals surface area contributed by atoms with Crippen LogP contribution in [0.3, 0.4) is 0 Å². The van der Waals surface area contributed by atoms with Crippen LogP contribution in [0.1, 0.15) is 17.5 Å². The summed E-state index contributed by atoms with van der Waals surface area (Å²) in [7, 11) is 0. The van der Waals surface area contributed by atoms with Gasteiger partial charge in [0.25, 0.3) is 0 Å². The van der Waals surface area contributed by atoms with E-state index in [0.717, 1.165) is 5.56 Å². The highest BCUT2D eigenvalue weighted by atomic mass is 19.1. The van der Waals surface area contributed by atoms with Crippen molar-refractivity contribution in [2.24, 2.45) is 0 Å². The van der Waals surface area contributed by atoms with E-state index in [-0.39, 0.29) is 18.5 Å². The zero-order valence-corrected chi connectivity index (χ0v) is 9.99. The first kappa shape index (κ1) is 13.0. The zero-order valence-electron chi connectivity index (χ0n) is 9.99. The van der Waals surface area contributed by atoms with Gasteiger partial charge in [-0.2, -0.15) is 0 Å². The summed E-state index contributed by atoms with van der Waals surface area (Å²) in [5.74, 6) is 5.32. The average molecular weight is 250 g/mol. The van der Waals surface area contributed by atoms with Crippen LogP contribution in [0.5, 0.6) is 0 Å². The molecule has 2 rings (SSSR count). The maximum atomic E-state index is 13.2. The van der Waals surface area contributed by atoms with Crippen molar-refractivity contribution >= 4 is 0 Å². The SMILES string of the molecule is OCCC#Cc1cc(F)ccc1COC1COC1. The number of halogens is 1. The summed E-state index contributed by atoms with van der Waals surface area (Å²) in [6.07, 6.45) is 0.515. The first-order valence-corrected chi connectivity index (χ1v) is 5.87. The quantitative estimate of drug-likeness (QED) is 0.823. The Kier molecular flexibility index (Phi) is 4.71. The minimum Gasteiger partial charge on any atom is -0.395 e. The molecule has 0 amide bonds. The van der Waals surface area contributed by atoms with Crippen molar-refractivity contribution in [1.82, 2.24) is 0 Å². The van der Waals surface area contributed by atoms with Crippen LogP contribution in [0, 0.1) is 17.7 Å².